The van der Waals surface area contributed by atoms with E-state index < -0.39 is 5.97 Å². The quantitative estimate of drug-likeness (QED) is 0.504. The molecule has 26 heavy (non-hydrogen) atoms. The summed E-state index contributed by atoms with van der Waals surface area (Å²) in [4.78, 5) is 13.0. The second kappa shape index (κ2) is 8.49. The van der Waals surface area contributed by atoms with Crippen molar-refractivity contribution in [2.24, 2.45) is 0 Å². The summed E-state index contributed by atoms with van der Waals surface area (Å²) < 4.78 is 5.80. The zero-order valence-corrected chi connectivity index (χ0v) is 15.8. The number of aliphatic carboxylic acids is 1. The van der Waals surface area contributed by atoms with Crippen LogP contribution in [-0.2, 0) is 11.2 Å². The second-order valence-electron chi connectivity index (χ2n) is 5.48. The van der Waals surface area contributed by atoms with E-state index in [0.717, 1.165) is 9.79 Å². The van der Waals surface area contributed by atoms with Gasteiger partial charge in [-0.2, -0.15) is 0 Å². The third-order valence-electron chi connectivity index (χ3n) is 3.40. The van der Waals surface area contributed by atoms with Gasteiger partial charge in [-0.05, 0) is 54.1 Å². The summed E-state index contributed by atoms with van der Waals surface area (Å²) in [6, 6.07) is 20.4. The van der Waals surface area contributed by atoms with E-state index >= 15 is 0 Å². The fourth-order valence-electron chi connectivity index (χ4n) is 2.34. The van der Waals surface area contributed by atoms with Gasteiger partial charge in [0.1, 0.15) is 11.5 Å². The first-order chi connectivity index (χ1) is 12.5. The highest BCUT2D eigenvalue weighted by atomic mass is 35.5. The minimum absolute atomic E-state index is 0.128. The fourth-order valence-corrected chi connectivity index (χ4v) is 3.75. The lowest BCUT2D eigenvalue weighted by Gasteiger charge is -2.11. The lowest BCUT2D eigenvalue weighted by molar-refractivity contribution is -0.136. The molecule has 0 aliphatic carbocycles. The highest BCUT2D eigenvalue weighted by Crippen LogP contribution is 2.36. The summed E-state index contributed by atoms with van der Waals surface area (Å²) >= 11 is 14.0. The molecule has 1 N–H and O–H groups in total. The monoisotopic (exact) mass is 404 g/mol. The van der Waals surface area contributed by atoms with E-state index in [-0.39, 0.29) is 6.42 Å². The smallest absolute Gasteiger partial charge is 0.307 e. The topological polar surface area (TPSA) is 46.5 Å². The van der Waals surface area contributed by atoms with Crippen molar-refractivity contribution in [1.29, 1.82) is 0 Å². The van der Waals surface area contributed by atoms with Gasteiger partial charge in [-0.15, -0.1) is 0 Å². The Bertz CT molecular complexity index is 930. The molecule has 3 nitrogen and oxygen atoms in total. The Hall–Kier alpha value is -2.14. The normalized spacial score (nSPS) is 10.5. The fraction of sp³-hybridized carbons (Fsp3) is 0.0500. The van der Waals surface area contributed by atoms with Gasteiger partial charge >= 0.3 is 5.97 Å². The zero-order valence-electron chi connectivity index (χ0n) is 13.5. The first kappa shape index (κ1) is 18.6. The van der Waals surface area contributed by atoms with E-state index in [1.54, 1.807) is 36.0 Å². The van der Waals surface area contributed by atoms with Crippen molar-refractivity contribution in [2.45, 2.75) is 16.2 Å². The molecule has 3 aromatic carbocycles. The van der Waals surface area contributed by atoms with Crippen molar-refractivity contribution < 1.29 is 14.6 Å². The van der Waals surface area contributed by atoms with Crippen LogP contribution in [0.4, 0.5) is 0 Å². The molecule has 0 heterocycles. The van der Waals surface area contributed by atoms with Crippen LogP contribution in [0.25, 0.3) is 0 Å². The van der Waals surface area contributed by atoms with Gasteiger partial charge in [-0.1, -0.05) is 53.2 Å². The summed E-state index contributed by atoms with van der Waals surface area (Å²) in [6.45, 7) is 0. The van der Waals surface area contributed by atoms with Gasteiger partial charge < -0.3 is 9.84 Å². The second-order valence-corrected chi connectivity index (χ2v) is 7.47. The molecule has 3 aromatic rings. The number of carbonyl (C=O) groups is 1. The highest BCUT2D eigenvalue weighted by Gasteiger charge is 2.09. The molecule has 0 fully saturated rings. The number of carboxylic acid groups (broad SMARTS) is 1. The maximum absolute atomic E-state index is 10.9. The van der Waals surface area contributed by atoms with Crippen LogP contribution in [0.3, 0.4) is 0 Å². The van der Waals surface area contributed by atoms with Crippen molar-refractivity contribution in [2.75, 3.05) is 0 Å². The third kappa shape index (κ3) is 5.18. The molecule has 0 aromatic heterocycles. The molecule has 0 amide bonds. The Morgan fingerprint density at radius 1 is 0.962 bits per heavy atom. The summed E-state index contributed by atoms with van der Waals surface area (Å²) in [5, 5.41) is 9.80. The predicted octanol–water partition coefficient (Wildman–Crippen LogP) is 6.56. The van der Waals surface area contributed by atoms with Gasteiger partial charge in [0.25, 0.3) is 0 Å². The van der Waals surface area contributed by atoms with Crippen LogP contribution in [-0.4, -0.2) is 11.1 Å². The maximum Gasteiger partial charge on any atom is 0.307 e. The SMILES string of the molecule is O=C(O)Cc1cc(Cl)cc(Oc2ccc(Sc3ccccc3)cc2Cl)c1. The molecule has 0 radical (unpaired) electrons. The molecule has 0 bridgehead atoms. The van der Waals surface area contributed by atoms with Gasteiger partial charge in [0.2, 0.25) is 0 Å². The first-order valence-corrected chi connectivity index (χ1v) is 9.28. The van der Waals surface area contributed by atoms with Crippen LogP contribution in [0, 0.1) is 0 Å². The number of hydrogen-bond donors (Lipinski definition) is 1. The van der Waals surface area contributed by atoms with Crippen LogP contribution in [0.5, 0.6) is 11.5 Å². The highest BCUT2D eigenvalue weighted by molar-refractivity contribution is 7.99. The Labute approximate surface area is 165 Å². The van der Waals surface area contributed by atoms with Crippen LogP contribution in [0.1, 0.15) is 5.56 Å². The number of halogens is 2. The summed E-state index contributed by atoms with van der Waals surface area (Å²) in [7, 11) is 0. The van der Waals surface area contributed by atoms with E-state index in [1.165, 1.54) is 0 Å². The van der Waals surface area contributed by atoms with Gasteiger partial charge in [-0.25, -0.2) is 0 Å². The summed E-state index contributed by atoms with van der Waals surface area (Å²) in [6.07, 6.45) is -0.128. The number of rotatable bonds is 6. The van der Waals surface area contributed by atoms with E-state index in [4.69, 9.17) is 33.0 Å². The molecule has 3 rings (SSSR count). The van der Waals surface area contributed by atoms with Crippen molar-refractivity contribution in [3.05, 3.63) is 82.3 Å². The van der Waals surface area contributed by atoms with Crippen molar-refractivity contribution in [1.82, 2.24) is 0 Å². The summed E-state index contributed by atoms with van der Waals surface area (Å²) in [5.74, 6) is -0.00901. The van der Waals surface area contributed by atoms with Crippen molar-refractivity contribution in [3.8, 4) is 11.5 Å². The maximum atomic E-state index is 10.9. The van der Waals surface area contributed by atoms with Gasteiger partial charge in [-0.3, -0.25) is 4.79 Å². The lowest BCUT2D eigenvalue weighted by Crippen LogP contribution is -2.00. The number of ether oxygens (including phenoxy) is 1. The molecule has 6 heteroatoms. The van der Waals surface area contributed by atoms with E-state index in [2.05, 4.69) is 0 Å². The van der Waals surface area contributed by atoms with Crippen LogP contribution >= 0.6 is 35.0 Å². The lowest BCUT2D eigenvalue weighted by atomic mass is 10.1. The van der Waals surface area contributed by atoms with Crippen LogP contribution in [0.15, 0.2) is 76.5 Å². The van der Waals surface area contributed by atoms with Crippen LogP contribution < -0.4 is 4.74 Å². The average Bonchev–Trinajstić information content (AvgIpc) is 2.57. The van der Waals surface area contributed by atoms with Crippen LogP contribution in [0.2, 0.25) is 10.0 Å². The molecule has 0 atom stereocenters. The Morgan fingerprint density at radius 2 is 1.73 bits per heavy atom. The molecular weight excluding hydrogens is 391 g/mol. The Kier molecular flexibility index (Phi) is 6.09. The third-order valence-corrected chi connectivity index (χ3v) is 4.91. The molecule has 0 saturated carbocycles. The molecule has 0 aliphatic rings. The average molecular weight is 405 g/mol. The Balaban J connectivity index is 1.78. The van der Waals surface area contributed by atoms with Crippen molar-refractivity contribution >= 4 is 40.9 Å². The van der Waals surface area contributed by atoms with Gasteiger partial charge in [0.05, 0.1) is 11.4 Å². The molecule has 0 spiro atoms. The minimum Gasteiger partial charge on any atom is -0.481 e. The Morgan fingerprint density at radius 3 is 2.42 bits per heavy atom. The minimum atomic E-state index is -0.932. The molecule has 0 saturated heterocycles. The van der Waals surface area contributed by atoms with Gasteiger partial charge in [0.15, 0.2) is 0 Å². The largest absolute Gasteiger partial charge is 0.481 e. The molecule has 0 unspecified atom stereocenters. The standard InChI is InChI=1S/C20H14Cl2O3S/c21-14-8-13(10-20(23)24)9-15(11-14)25-19-7-6-17(12-18(19)22)26-16-4-2-1-3-5-16/h1-9,11-12H,10H2,(H,23,24). The number of hydrogen-bond acceptors (Lipinski definition) is 3. The van der Waals surface area contributed by atoms with E-state index in [1.807, 2.05) is 42.5 Å². The first-order valence-electron chi connectivity index (χ1n) is 7.71. The number of carboxylic acids is 1. The predicted molar refractivity (Wildman–Crippen MR) is 105 cm³/mol. The molecule has 0 aliphatic heterocycles. The van der Waals surface area contributed by atoms with Gasteiger partial charge in [0, 0.05) is 14.8 Å². The zero-order chi connectivity index (χ0) is 18.5. The van der Waals surface area contributed by atoms with E-state index in [0.29, 0.717) is 27.1 Å². The molecule has 132 valence electrons. The van der Waals surface area contributed by atoms with E-state index in [9.17, 15) is 4.79 Å². The number of benzene rings is 3. The van der Waals surface area contributed by atoms with Crippen molar-refractivity contribution in [3.63, 3.8) is 0 Å². The molecular formula is C20H14Cl2O3S. The summed E-state index contributed by atoms with van der Waals surface area (Å²) in [5.41, 5.74) is 0.562.